The Morgan fingerprint density at radius 2 is 2.30 bits per heavy atom. The zero-order valence-electron chi connectivity index (χ0n) is 37.4. The molecule has 0 saturated carbocycles. The third-order valence-corrected chi connectivity index (χ3v) is 3.07. The van der Waals surface area contributed by atoms with Gasteiger partial charge in [0.1, 0.15) is 0 Å². The minimum Gasteiger partial charge on any atom is -0.493 e. The van der Waals surface area contributed by atoms with Crippen LogP contribution in [0.3, 0.4) is 0 Å². The van der Waals surface area contributed by atoms with E-state index in [0.717, 1.165) is 0 Å². The first-order valence-electron chi connectivity index (χ1n) is 19.2. The maximum absolute atomic E-state index is 11.5. The Kier molecular flexibility index (Phi) is 1.10. The van der Waals surface area contributed by atoms with E-state index in [1.807, 2.05) is 0 Å². The second-order valence-electron chi connectivity index (χ2n) is 4.49. The smallest absolute Gasteiger partial charge is 0.161 e. The predicted molar refractivity (Wildman–Crippen MR) is 91.1 cm³/mol. The highest BCUT2D eigenvalue weighted by molar-refractivity contribution is 5.49. The topological polar surface area (TPSA) is 41.9 Å². The predicted octanol–water partition coefficient (Wildman–Crippen LogP) is 3.03. The summed E-state index contributed by atoms with van der Waals surface area (Å²) in [5.41, 5.74) is -3.14. The van der Waals surface area contributed by atoms with E-state index >= 15 is 0 Å². The maximum Gasteiger partial charge on any atom is 0.161 e. The summed E-state index contributed by atoms with van der Waals surface area (Å²) in [6.45, 7) is -14.7. The molecule has 2 heterocycles. The van der Waals surface area contributed by atoms with E-state index in [0.29, 0.717) is 0 Å². The van der Waals surface area contributed by atoms with E-state index in [1.165, 1.54) is 0 Å². The van der Waals surface area contributed by atoms with Gasteiger partial charge in [-0.2, -0.15) is 0 Å². The van der Waals surface area contributed by atoms with Gasteiger partial charge in [0.25, 0.3) is 0 Å². The van der Waals surface area contributed by atoms with E-state index in [-0.39, 0.29) is 4.90 Å². The number of nitrogens with zero attached hydrogens (tertiary/aromatic N) is 1. The van der Waals surface area contributed by atoms with Gasteiger partial charge in [-0.05, 0) is 54.1 Å². The van der Waals surface area contributed by atoms with Crippen molar-refractivity contribution in [2.75, 3.05) is 27.1 Å². The maximum atomic E-state index is 11.5. The molecule has 4 heteroatoms. The molecule has 1 fully saturated rings. The molecule has 23 heavy (non-hydrogen) atoms. The largest absolute Gasteiger partial charge is 0.493 e. The van der Waals surface area contributed by atoms with Crippen molar-refractivity contribution in [3.8, 4) is 11.5 Å². The average molecular weight is 346 g/mol. The van der Waals surface area contributed by atoms with Crippen LogP contribution >= 0.6 is 0 Å². The van der Waals surface area contributed by atoms with Gasteiger partial charge in [-0.3, -0.25) is 4.90 Å². The van der Waals surface area contributed by atoms with E-state index in [9.17, 15) is 6.48 Å². The van der Waals surface area contributed by atoms with Crippen LogP contribution in [0.25, 0.3) is 0 Å². The van der Waals surface area contributed by atoms with Crippen molar-refractivity contribution in [3.63, 3.8) is 0 Å². The summed E-state index contributed by atoms with van der Waals surface area (Å²) in [5.74, 6) is -11.9. The van der Waals surface area contributed by atoms with Gasteiger partial charge >= 0.3 is 0 Å². The molecule has 1 saturated heterocycles. The average Bonchev–Trinajstić information content (AvgIpc) is 2.85. The molecule has 3 unspecified atom stereocenters. The Morgan fingerprint density at radius 1 is 1.52 bits per heavy atom. The third-order valence-electron chi connectivity index (χ3n) is 3.07. The minimum absolute atomic E-state index is 0.378. The first kappa shape index (κ1) is 3.78. The monoisotopic (exact) mass is 345 g/mol. The van der Waals surface area contributed by atoms with Crippen LogP contribution < -0.4 is 9.47 Å². The van der Waals surface area contributed by atoms with Crippen LogP contribution in [0.1, 0.15) is 79.2 Å². The highest BCUT2D eigenvalue weighted by Crippen LogP contribution is 2.43. The lowest BCUT2D eigenvalue weighted by Gasteiger charge is -2.46. The van der Waals surface area contributed by atoms with Crippen LogP contribution in [0.15, 0.2) is 12.1 Å². The molecule has 3 rings (SSSR count). The number of fused-ring (bicyclic) bond motifs is 3. The molecule has 0 aromatic heterocycles. The van der Waals surface area contributed by atoms with Gasteiger partial charge in [-0.25, -0.2) is 0 Å². The van der Waals surface area contributed by atoms with Gasteiger partial charge < -0.3 is 14.6 Å². The molecule has 0 bridgehead atoms. The lowest BCUT2D eigenvalue weighted by molar-refractivity contribution is -0.0191. The van der Waals surface area contributed by atoms with Crippen LogP contribution in [-0.2, 0) is 6.37 Å². The summed E-state index contributed by atoms with van der Waals surface area (Å²) < 4.78 is 222. The summed E-state index contributed by atoms with van der Waals surface area (Å²) in [4.78, 5) is -0.378. The number of methoxy groups -OCH3 is 2. The highest BCUT2D eigenvalue weighted by Gasteiger charge is 2.38. The van der Waals surface area contributed by atoms with Crippen LogP contribution in [0.2, 0.25) is 0 Å². The Balaban J connectivity index is 2.65. The van der Waals surface area contributed by atoms with Gasteiger partial charge in [0.2, 0.25) is 0 Å². The van der Waals surface area contributed by atoms with E-state index in [4.69, 9.17) is 34.3 Å². The number of rotatable bonds is 4. The number of hydrogen-bond donors (Lipinski definition) is 1. The molecule has 0 spiro atoms. The van der Waals surface area contributed by atoms with Crippen LogP contribution in [0, 0.1) is 11.8 Å². The summed E-state index contributed by atoms with van der Waals surface area (Å²) in [5, 5.41) is 11.5. The number of ether oxygens (including phenoxy) is 2. The summed E-state index contributed by atoms with van der Waals surface area (Å²) >= 11 is 0. The van der Waals surface area contributed by atoms with Gasteiger partial charge in [-0.1, -0.05) is 13.7 Å². The molecule has 128 valence electrons. The van der Waals surface area contributed by atoms with Crippen molar-refractivity contribution in [1.29, 1.82) is 0 Å². The quantitative estimate of drug-likeness (QED) is 0.911. The Bertz CT molecular complexity index is 1490. The molecule has 1 aromatic carbocycles. The SMILES string of the molecule is [2H]c1c(OC([2H])([2H])[2H])c(OC([2H])([2H])[2H])c([2H])c2c1C([2H])([2H])C([2H])([2H])N1CC([2H])(C([2H])([2H])C([2H])(C([2H])([2H])[2H])C([2H])([2H])[2H])C([2H])(O)C([2H])([2H])C21[2H]. The van der Waals surface area contributed by atoms with Crippen LogP contribution in [0.5, 0.6) is 11.5 Å². The zero-order chi connectivity index (χ0) is 39.2. The molecule has 1 aromatic rings. The molecule has 2 aliphatic rings. The second kappa shape index (κ2) is 6.70. The van der Waals surface area contributed by atoms with Crippen LogP contribution in [0.4, 0.5) is 0 Å². The number of piperidine rings is 1. The summed E-state index contributed by atoms with van der Waals surface area (Å²) in [6, 6.07) is -7.28. The lowest BCUT2D eigenvalue weighted by Crippen LogP contribution is -2.48. The molecule has 2 aliphatic heterocycles. The molecule has 3 atom stereocenters. The van der Waals surface area contributed by atoms with Crippen molar-refractivity contribution in [1.82, 2.24) is 4.90 Å². The molecule has 0 aliphatic carbocycles. The summed E-state index contributed by atoms with van der Waals surface area (Å²) in [6.07, 6.45) is -17.7. The number of aliphatic hydroxyl groups is 1. The molecule has 4 nitrogen and oxygen atoms in total. The van der Waals surface area contributed by atoms with Crippen molar-refractivity contribution in [2.45, 2.75) is 44.9 Å². The van der Waals surface area contributed by atoms with Crippen molar-refractivity contribution in [2.24, 2.45) is 11.8 Å². The van der Waals surface area contributed by atoms with Gasteiger partial charge in [0, 0.05) is 41.0 Å². The highest BCUT2D eigenvalue weighted by atomic mass is 16.5. The van der Waals surface area contributed by atoms with Gasteiger partial charge in [0.05, 0.1) is 33.9 Å². The van der Waals surface area contributed by atoms with E-state index in [1.54, 1.807) is 0 Å². The van der Waals surface area contributed by atoms with Crippen molar-refractivity contribution >= 4 is 0 Å². The van der Waals surface area contributed by atoms with Crippen LogP contribution in [-0.4, -0.2) is 43.2 Å². The summed E-state index contributed by atoms with van der Waals surface area (Å²) in [7, 11) is -7.21. The second-order valence-corrected chi connectivity index (χ2v) is 4.49. The van der Waals surface area contributed by atoms with Crippen molar-refractivity contribution < 1.29 is 50.2 Å². The first-order chi connectivity index (χ1) is 21.1. The van der Waals surface area contributed by atoms with Gasteiger partial charge in [-0.15, -0.1) is 0 Å². The van der Waals surface area contributed by atoms with E-state index in [2.05, 4.69) is 9.47 Å². The number of hydrogen-bond acceptors (Lipinski definition) is 4. The van der Waals surface area contributed by atoms with E-state index < -0.39 is 119 Å². The number of benzene rings is 1. The molecular weight excluding hydrogens is 290 g/mol. The fraction of sp³-hybridized carbons (Fsp3) is 0.684. The van der Waals surface area contributed by atoms with Crippen molar-refractivity contribution in [3.05, 3.63) is 23.2 Å². The zero-order valence-corrected chi connectivity index (χ0v) is 11.4. The molecule has 1 N–H and O–H groups in total. The Labute approximate surface area is 175 Å². The standard InChI is InChI=1S/C19H29NO3/c1-12(2)7-14-11-20-6-5-13-8-18(22-3)19(23-4)9-15(13)16(20)10-17(14)21/h8-9,12,14,16-17,21H,5-7,10-11H2,1-4H3/i1D3,2D3,3D3,4D3,5D2,6D2,7D2,8D,9D,10D2,12D,14D,16D,17D. The Morgan fingerprint density at radius 3 is 3.04 bits per heavy atom. The third kappa shape index (κ3) is 3.20. The fourth-order valence-electron chi connectivity index (χ4n) is 2.11. The molecular formula is C19H29NO3. The molecule has 0 amide bonds. The Hall–Kier alpha value is -1.26. The lowest BCUT2D eigenvalue weighted by atomic mass is 9.79. The van der Waals surface area contributed by atoms with Gasteiger partial charge in [0.15, 0.2) is 11.5 Å². The fourth-order valence-corrected chi connectivity index (χ4v) is 2.11. The minimum atomic E-state index is -4.64. The first-order valence-corrected chi connectivity index (χ1v) is 6.16. The molecule has 0 radical (unpaired) electrons. The normalized spacial score (nSPS) is 63.5.